The molecule has 3 heterocycles. The minimum atomic E-state index is -0.0565. The Morgan fingerprint density at radius 1 is 1.00 bits per heavy atom. The molecule has 0 radical (unpaired) electrons. The van der Waals surface area contributed by atoms with Crippen LogP contribution >= 0.6 is 22.9 Å². The molecule has 150 valence electrons. The molecule has 0 aliphatic heterocycles. The van der Waals surface area contributed by atoms with Crippen molar-refractivity contribution in [1.82, 2.24) is 19.9 Å². The van der Waals surface area contributed by atoms with Crippen LogP contribution in [-0.4, -0.2) is 25.8 Å². The summed E-state index contributed by atoms with van der Waals surface area (Å²) < 4.78 is 0. The maximum Gasteiger partial charge on any atom is 0.266 e. The Kier molecular flexibility index (Phi) is 6.16. The highest BCUT2D eigenvalue weighted by atomic mass is 35.5. The number of hydrogen-bond acceptors (Lipinski definition) is 5. The van der Waals surface area contributed by atoms with Crippen LogP contribution in [0, 0.1) is 6.92 Å². The average molecular weight is 435 g/mol. The van der Waals surface area contributed by atoms with E-state index in [1.807, 2.05) is 60.4 Å². The van der Waals surface area contributed by atoms with Crippen LogP contribution in [-0.2, 0) is 13.1 Å². The molecule has 3 aromatic heterocycles. The molecule has 0 N–H and O–H groups in total. The number of amides is 1. The van der Waals surface area contributed by atoms with E-state index >= 15 is 0 Å². The normalized spacial score (nSPS) is 10.7. The van der Waals surface area contributed by atoms with Crippen LogP contribution in [0.1, 0.15) is 26.5 Å². The second-order valence-electron chi connectivity index (χ2n) is 6.82. The van der Waals surface area contributed by atoms with Gasteiger partial charge in [-0.25, -0.2) is 4.98 Å². The van der Waals surface area contributed by atoms with Gasteiger partial charge in [0.1, 0.15) is 9.88 Å². The lowest BCUT2D eigenvalue weighted by atomic mass is 10.2. The van der Waals surface area contributed by atoms with E-state index < -0.39 is 0 Å². The third kappa shape index (κ3) is 4.72. The lowest BCUT2D eigenvalue weighted by molar-refractivity contribution is 0.0734. The van der Waals surface area contributed by atoms with Gasteiger partial charge < -0.3 is 4.90 Å². The number of halogens is 1. The molecule has 1 amide bonds. The number of hydrogen-bond donors (Lipinski definition) is 0. The summed E-state index contributed by atoms with van der Waals surface area (Å²) in [6.45, 7) is 2.80. The second kappa shape index (κ2) is 9.15. The van der Waals surface area contributed by atoms with Gasteiger partial charge in [0.05, 0.1) is 5.69 Å². The molecule has 0 aliphatic rings. The highest BCUT2D eigenvalue weighted by Crippen LogP contribution is 2.30. The molecule has 1 aromatic carbocycles. The van der Waals surface area contributed by atoms with E-state index in [0.29, 0.717) is 28.7 Å². The average Bonchev–Trinajstić information content (AvgIpc) is 3.16. The number of aromatic nitrogens is 3. The number of carbonyl (C=O) groups is 1. The van der Waals surface area contributed by atoms with Crippen LogP contribution in [0.2, 0.25) is 5.02 Å². The summed E-state index contributed by atoms with van der Waals surface area (Å²) in [6.07, 6.45) is 6.97. The van der Waals surface area contributed by atoms with E-state index in [1.54, 1.807) is 24.8 Å². The Morgan fingerprint density at radius 3 is 2.53 bits per heavy atom. The van der Waals surface area contributed by atoms with E-state index in [0.717, 1.165) is 21.7 Å². The third-order valence-corrected chi connectivity index (χ3v) is 6.00. The fourth-order valence-electron chi connectivity index (χ4n) is 3.10. The minimum Gasteiger partial charge on any atom is -0.329 e. The summed E-state index contributed by atoms with van der Waals surface area (Å²) in [6, 6.07) is 15.2. The topological polar surface area (TPSA) is 59.0 Å². The van der Waals surface area contributed by atoms with Crippen molar-refractivity contribution in [3.05, 3.63) is 100 Å². The summed E-state index contributed by atoms with van der Waals surface area (Å²) in [5, 5.41) is 1.42. The highest BCUT2D eigenvalue weighted by molar-refractivity contribution is 7.17. The fraction of sp³-hybridized carbons (Fsp3) is 0.130. The van der Waals surface area contributed by atoms with Gasteiger partial charge in [-0.15, -0.1) is 11.3 Å². The molecular formula is C23H19ClN4OS. The van der Waals surface area contributed by atoms with E-state index in [-0.39, 0.29) is 5.91 Å². The third-order valence-electron chi connectivity index (χ3n) is 4.57. The van der Waals surface area contributed by atoms with Crippen molar-refractivity contribution in [2.75, 3.05) is 0 Å². The van der Waals surface area contributed by atoms with Gasteiger partial charge in [0.25, 0.3) is 5.91 Å². The number of nitrogens with zero attached hydrogens (tertiary/aromatic N) is 4. The molecule has 0 atom stereocenters. The molecule has 5 nitrogen and oxygen atoms in total. The first-order valence-corrected chi connectivity index (χ1v) is 10.6. The molecule has 0 fully saturated rings. The molecular weight excluding hydrogens is 416 g/mol. The Balaban J connectivity index is 1.65. The molecule has 0 saturated carbocycles. The first-order chi connectivity index (χ1) is 14.6. The number of rotatable bonds is 6. The minimum absolute atomic E-state index is 0.0565. The first kappa shape index (κ1) is 20.2. The lowest BCUT2D eigenvalue weighted by Gasteiger charge is -2.22. The van der Waals surface area contributed by atoms with Crippen molar-refractivity contribution in [1.29, 1.82) is 0 Å². The summed E-state index contributed by atoms with van der Waals surface area (Å²) in [7, 11) is 0. The molecule has 4 aromatic rings. The maximum atomic E-state index is 13.5. The molecule has 0 unspecified atom stereocenters. The van der Waals surface area contributed by atoms with Crippen LogP contribution in [0.15, 0.2) is 73.3 Å². The van der Waals surface area contributed by atoms with Gasteiger partial charge in [0, 0.05) is 48.5 Å². The zero-order valence-electron chi connectivity index (χ0n) is 16.3. The largest absolute Gasteiger partial charge is 0.329 e. The lowest BCUT2D eigenvalue weighted by Crippen LogP contribution is -2.30. The zero-order chi connectivity index (χ0) is 20.9. The molecule has 7 heteroatoms. The number of aryl methyl sites for hydroxylation is 1. The molecule has 0 spiro atoms. The van der Waals surface area contributed by atoms with Crippen molar-refractivity contribution in [3.8, 4) is 10.6 Å². The van der Waals surface area contributed by atoms with E-state index in [4.69, 9.17) is 11.6 Å². The molecule has 0 saturated heterocycles. The van der Waals surface area contributed by atoms with Crippen LogP contribution in [0.5, 0.6) is 0 Å². The SMILES string of the molecule is Cc1nc(-c2cccc(Cl)c2)sc1C(=O)N(Cc1ccncc1)Cc1cccnc1. The van der Waals surface area contributed by atoms with Crippen molar-refractivity contribution in [2.24, 2.45) is 0 Å². The Bertz CT molecular complexity index is 1110. The predicted molar refractivity (Wildman–Crippen MR) is 119 cm³/mol. The van der Waals surface area contributed by atoms with Gasteiger partial charge in [-0.1, -0.05) is 29.8 Å². The van der Waals surface area contributed by atoms with E-state index in [1.165, 1.54) is 11.3 Å². The van der Waals surface area contributed by atoms with E-state index in [9.17, 15) is 4.79 Å². The Morgan fingerprint density at radius 2 is 1.80 bits per heavy atom. The van der Waals surface area contributed by atoms with Crippen LogP contribution in [0.3, 0.4) is 0 Å². The highest BCUT2D eigenvalue weighted by Gasteiger charge is 2.23. The van der Waals surface area contributed by atoms with Gasteiger partial charge in [0.15, 0.2) is 0 Å². The number of benzene rings is 1. The summed E-state index contributed by atoms with van der Waals surface area (Å²) >= 11 is 7.52. The quantitative estimate of drug-likeness (QED) is 0.407. The standard InChI is InChI=1S/C23H19ClN4OS/c1-16-21(30-22(27-16)19-5-2-6-20(24)12-19)23(29)28(14-17-7-10-25-11-8-17)15-18-4-3-9-26-13-18/h2-13H,14-15H2,1H3. The van der Waals surface area contributed by atoms with Gasteiger partial charge in [-0.05, 0) is 48.4 Å². The fourth-order valence-corrected chi connectivity index (χ4v) is 4.32. The summed E-state index contributed by atoms with van der Waals surface area (Å²) in [5.41, 5.74) is 3.60. The monoisotopic (exact) mass is 434 g/mol. The molecule has 4 rings (SSSR count). The van der Waals surface area contributed by atoms with Gasteiger partial charge in [0.2, 0.25) is 0 Å². The van der Waals surface area contributed by atoms with Crippen molar-refractivity contribution >= 4 is 28.8 Å². The number of pyridine rings is 2. The second-order valence-corrected chi connectivity index (χ2v) is 8.26. The zero-order valence-corrected chi connectivity index (χ0v) is 17.9. The molecule has 0 aliphatic carbocycles. The van der Waals surface area contributed by atoms with Gasteiger partial charge in [-0.3, -0.25) is 14.8 Å². The number of thiazole rings is 1. The molecule has 0 bridgehead atoms. The van der Waals surface area contributed by atoms with Crippen LogP contribution in [0.4, 0.5) is 0 Å². The maximum absolute atomic E-state index is 13.5. The van der Waals surface area contributed by atoms with Gasteiger partial charge in [-0.2, -0.15) is 0 Å². The van der Waals surface area contributed by atoms with E-state index in [2.05, 4.69) is 15.0 Å². The predicted octanol–water partition coefficient (Wildman–Crippen LogP) is 5.40. The number of carbonyl (C=O) groups excluding carboxylic acids is 1. The smallest absolute Gasteiger partial charge is 0.266 e. The van der Waals surface area contributed by atoms with Gasteiger partial charge >= 0.3 is 0 Å². The molecule has 30 heavy (non-hydrogen) atoms. The first-order valence-electron chi connectivity index (χ1n) is 9.40. The van der Waals surface area contributed by atoms with Crippen LogP contribution < -0.4 is 0 Å². The van der Waals surface area contributed by atoms with Crippen molar-refractivity contribution in [2.45, 2.75) is 20.0 Å². The van der Waals surface area contributed by atoms with Crippen LogP contribution in [0.25, 0.3) is 10.6 Å². The summed E-state index contributed by atoms with van der Waals surface area (Å²) in [5.74, 6) is -0.0565. The van der Waals surface area contributed by atoms with Crippen molar-refractivity contribution in [3.63, 3.8) is 0 Å². The van der Waals surface area contributed by atoms with Crippen molar-refractivity contribution < 1.29 is 4.79 Å². The Labute approximate surface area is 184 Å². The summed E-state index contributed by atoms with van der Waals surface area (Å²) in [4.78, 5) is 28.8. The Hall–Kier alpha value is -3.09.